The molecule has 11 heteroatoms. The number of aliphatic hydroxyl groups excluding tert-OH is 1. The summed E-state index contributed by atoms with van der Waals surface area (Å²) < 4.78 is 27.9. The molecule has 0 radical (unpaired) electrons. The number of benzene rings is 1. The van der Waals surface area contributed by atoms with Gasteiger partial charge in [-0.25, -0.2) is 8.42 Å². The molecule has 220 valence electrons. The van der Waals surface area contributed by atoms with Gasteiger partial charge < -0.3 is 15.3 Å². The molecule has 2 atom stereocenters. The molecule has 1 aliphatic rings. The molecule has 10 nitrogen and oxygen atoms in total. The van der Waals surface area contributed by atoms with Gasteiger partial charge in [-0.15, -0.1) is 0 Å². The topological polar surface area (TPSA) is 123 Å². The molecule has 2 amide bonds. The van der Waals surface area contributed by atoms with Crippen molar-refractivity contribution >= 4 is 21.8 Å². The maximum atomic E-state index is 13.5. The van der Waals surface area contributed by atoms with Crippen LogP contribution in [0.3, 0.4) is 0 Å². The molecule has 1 aliphatic heterocycles. The van der Waals surface area contributed by atoms with E-state index in [1.165, 1.54) is 21.3 Å². The van der Waals surface area contributed by atoms with Crippen molar-refractivity contribution in [3.8, 4) is 0 Å². The van der Waals surface area contributed by atoms with Crippen LogP contribution in [-0.2, 0) is 26.2 Å². The van der Waals surface area contributed by atoms with E-state index in [-0.39, 0.29) is 42.1 Å². The van der Waals surface area contributed by atoms with Crippen molar-refractivity contribution < 1.29 is 23.1 Å². The van der Waals surface area contributed by atoms with Crippen molar-refractivity contribution in [1.29, 1.82) is 0 Å². The second-order valence-corrected chi connectivity index (χ2v) is 13.8. The maximum absolute atomic E-state index is 13.5. The molecule has 2 aromatic rings. The zero-order chi connectivity index (χ0) is 29.5. The molecule has 2 N–H and O–H groups in total. The molecular formula is C29H43N5O5S. The summed E-state index contributed by atoms with van der Waals surface area (Å²) in [7, 11) is -3.86. The first-order valence-electron chi connectivity index (χ1n) is 13.7. The van der Waals surface area contributed by atoms with E-state index >= 15 is 0 Å². The maximum Gasteiger partial charge on any atom is 0.244 e. The van der Waals surface area contributed by atoms with Crippen LogP contribution in [0.1, 0.15) is 46.6 Å². The number of aromatic nitrogens is 1. The average Bonchev–Trinajstić information content (AvgIpc) is 2.88. The molecule has 2 heterocycles. The summed E-state index contributed by atoms with van der Waals surface area (Å²) in [5.41, 5.74) is 0.526. The van der Waals surface area contributed by atoms with Gasteiger partial charge in [0.2, 0.25) is 21.8 Å². The van der Waals surface area contributed by atoms with Gasteiger partial charge in [-0.1, -0.05) is 38.1 Å². The van der Waals surface area contributed by atoms with E-state index in [2.05, 4.69) is 15.2 Å². The Bertz CT molecular complexity index is 1220. The van der Waals surface area contributed by atoms with Crippen LogP contribution in [0.25, 0.3) is 0 Å². The van der Waals surface area contributed by atoms with Crippen LogP contribution in [-0.4, -0.2) is 94.8 Å². The summed E-state index contributed by atoms with van der Waals surface area (Å²) in [5, 5.41) is 13.9. The fourth-order valence-electron chi connectivity index (χ4n) is 4.75. The Balaban J connectivity index is 1.73. The van der Waals surface area contributed by atoms with Gasteiger partial charge in [-0.3, -0.25) is 19.5 Å². The summed E-state index contributed by atoms with van der Waals surface area (Å²) in [6.45, 7) is 11.2. The summed E-state index contributed by atoms with van der Waals surface area (Å²) in [6, 6.07) is 11.2. The van der Waals surface area contributed by atoms with Gasteiger partial charge >= 0.3 is 0 Å². The Morgan fingerprint density at radius 2 is 1.80 bits per heavy atom. The third kappa shape index (κ3) is 9.09. The third-order valence-electron chi connectivity index (χ3n) is 6.49. The first-order chi connectivity index (χ1) is 18.8. The molecule has 0 bridgehead atoms. The second-order valence-electron chi connectivity index (χ2n) is 11.8. The number of carbonyl (C=O) groups is 2. The van der Waals surface area contributed by atoms with E-state index < -0.39 is 27.7 Å². The average molecular weight is 574 g/mol. The lowest BCUT2D eigenvalue weighted by atomic mass is 10.0. The quantitative estimate of drug-likeness (QED) is 0.422. The summed E-state index contributed by atoms with van der Waals surface area (Å²) in [6.07, 6.45) is 1.97. The fourth-order valence-corrected chi connectivity index (χ4v) is 6.41. The zero-order valence-corrected chi connectivity index (χ0v) is 25.0. The van der Waals surface area contributed by atoms with Gasteiger partial charge in [-0.2, -0.15) is 4.31 Å². The van der Waals surface area contributed by atoms with Crippen LogP contribution in [0.5, 0.6) is 0 Å². The number of amides is 2. The van der Waals surface area contributed by atoms with Gasteiger partial charge in [-0.05, 0) is 50.5 Å². The van der Waals surface area contributed by atoms with Crippen molar-refractivity contribution in [3.05, 3.63) is 60.4 Å². The molecule has 3 rings (SSSR count). The second kappa shape index (κ2) is 13.7. The highest BCUT2D eigenvalue weighted by molar-refractivity contribution is 7.89. The summed E-state index contributed by atoms with van der Waals surface area (Å²) >= 11 is 0. The van der Waals surface area contributed by atoms with Crippen molar-refractivity contribution in [2.75, 3.05) is 32.7 Å². The van der Waals surface area contributed by atoms with Crippen molar-refractivity contribution in [3.63, 3.8) is 0 Å². The number of sulfonamides is 1. The molecule has 1 saturated heterocycles. The number of carbonyl (C=O) groups excluding carboxylic acids is 2. The lowest BCUT2D eigenvalue weighted by Gasteiger charge is -2.42. The van der Waals surface area contributed by atoms with Crippen molar-refractivity contribution in [2.45, 2.75) is 70.2 Å². The molecule has 40 heavy (non-hydrogen) atoms. The minimum absolute atomic E-state index is 0.0137. The van der Waals surface area contributed by atoms with Crippen molar-refractivity contribution in [1.82, 2.24) is 24.4 Å². The number of rotatable bonds is 11. The number of nitrogens with zero attached hydrogens (tertiary/aromatic N) is 4. The predicted octanol–water partition coefficient (Wildman–Crippen LogP) is 2.11. The van der Waals surface area contributed by atoms with Crippen LogP contribution in [0.4, 0.5) is 0 Å². The van der Waals surface area contributed by atoms with Crippen LogP contribution < -0.4 is 5.32 Å². The number of hydrogen-bond acceptors (Lipinski definition) is 7. The Morgan fingerprint density at radius 3 is 2.40 bits per heavy atom. The largest absolute Gasteiger partial charge is 0.391 e. The Labute approximate surface area is 238 Å². The molecule has 0 saturated carbocycles. The smallest absolute Gasteiger partial charge is 0.244 e. The van der Waals surface area contributed by atoms with Gasteiger partial charge in [0, 0.05) is 57.2 Å². The lowest BCUT2D eigenvalue weighted by Crippen LogP contribution is -2.62. The molecule has 1 unspecified atom stereocenters. The number of piperazine rings is 1. The van der Waals surface area contributed by atoms with E-state index in [0.29, 0.717) is 26.2 Å². The minimum atomic E-state index is -3.86. The predicted molar refractivity (Wildman–Crippen MR) is 154 cm³/mol. The summed E-state index contributed by atoms with van der Waals surface area (Å²) in [5.74, 6) is -0.636. The number of pyridine rings is 1. The zero-order valence-electron chi connectivity index (χ0n) is 24.2. The van der Waals surface area contributed by atoms with E-state index in [9.17, 15) is 23.1 Å². The van der Waals surface area contributed by atoms with Crippen LogP contribution in [0, 0.1) is 5.92 Å². The van der Waals surface area contributed by atoms with Gasteiger partial charge in [0.1, 0.15) is 6.04 Å². The minimum Gasteiger partial charge on any atom is -0.391 e. The van der Waals surface area contributed by atoms with Gasteiger partial charge in [0.25, 0.3) is 0 Å². The molecule has 1 aromatic carbocycles. The highest BCUT2D eigenvalue weighted by Gasteiger charge is 2.37. The highest BCUT2D eigenvalue weighted by atomic mass is 32.2. The van der Waals surface area contributed by atoms with E-state index in [1.807, 2.05) is 46.8 Å². The standard InChI is InChI=1S/C29H43N5O5S/c1-22(2)18-33(40(38,39)25-11-7-6-8-12-25)20-24(35)16-27(36)34-15-14-32(19-23-10-9-13-30-17-23)21-26(34)28(37)31-29(3,4)5/h6-13,17,22,24,26,35H,14-16,18-21H2,1-5H3,(H,31,37)/t24?,26-/m0/s1. The van der Waals surface area contributed by atoms with Gasteiger partial charge in [0.15, 0.2) is 0 Å². The number of nitrogens with one attached hydrogen (secondary N) is 1. The number of hydrogen-bond donors (Lipinski definition) is 2. The molecule has 0 aliphatic carbocycles. The monoisotopic (exact) mass is 573 g/mol. The Hall–Kier alpha value is -2.86. The molecular weight excluding hydrogens is 530 g/mol. The SMILES string of the molecule is CC(C)CN(CC(O)CC(=O)N1CCN(Cc2cccnc2)C[C@H]1C(=O)NC(C)(C)C)S(=O)(=O)c1ccccc1. The normalized spacial score (nSPS) is 17.7. The van der Waals surface area contributed by atoms with Crippen molar-refractivity contribution in [2.24, 2.45) is 5.92 Å². The highest BCUT2D eigenvalue weighted by Crippen LogP contribution is 2.20. The van der Waals surface area contributed by atoms with Crippen LogP contribution in [0.15, 0.2) is 59.8 Å². The van der Waals surface area contributed by atoms with E-state index in [1.54, 1.807) is 30.6 Å². The third-order valence-corrected chi connectivity index (χ3v) is 8.33. The van der Waals surface area contributed by atoms with Crippen LogP contribution >= 0.6 is 0 Å². The summed E-state index contributed by atoms with van der Waals surface area (Å²) in [4.78, 5) is 34.7. The molecule has 1 fully saturated rings. The van der Waals surface area contributed by atoms with E-state index in [4.69, 9.17) is 0 Å². The fraction of sp³-hybridized carbons (Fsp3) is 0.552. The Kier molecular flexibility index (Phi) is 10.8. The lowest BCUT2D eigenvalue weighted by molar-refractivity contribution is -0.146. The first kappa shape index (κ1) is 31.7. The molecule has 1 aromatic heterocycles. The first-order valence-corrected chi connectivity index (χ1v) is 15.2. The van der Waals surface area contributed by atoms with Gasteiger partial charge in [0.05, 0.1) is 17.4 Å². The van der Waals surface area contributed by atoms with Crippen LogP contribution in [0.2, 0.25) is 0 Å². The number of aliphatic hydroxyl groups is 1. The van der Waals surface area contributed by atoms with E-state index in [0.717, 1.165) is 5.56 Å². The Morgan fingerprint density at radius 1 is 1.10 bits per heavy atom. The molecule has 0 spiro atoms.